The largest absolute Gasteiger partial charge is 0.338 e. The Kier molecular flexibility index (Phi) is 5.10. The van der Waals surface area contributed by atoms with Crippen molar-refractivity contribution in [2.45, 2.75) is 17.7 Å². The van der Waals surface area contributed by atoms with Crippen molar-refractivity contribution in [1.82, 2.24) is 9.80 Å². The first kappa shape index (κ1) is 18.9. The standard InChI is InChI=1S/C21H20F2N2O2S/c22-17-7-3-1-5-15(17)19(26)24-11-9-21(10-12-24)25(13-14-28-21)20(27)16-6-2-4-8-18(16)23/h1-8H,9-14H2. The van der Waals surface area contributed by atoms with Gasteiger partial charge in [-0.15, -0.1) is 11.8 Å². The van der Waals surface area contributed by atoms with E-state index in [0.717, 1.165) is 5.75 Å². The number of piperidine rings is 1. The average Bonchev–Trinajstić information content (AvgIpc) is 3.11. The molecule has 0 N–H and O–H groups in total. The molecule has 2 fully saturated rings. The summed E-state index contributed by atoms with van der Waals surface area (Å²) in [6, 6.07) is 12.0. The highest BCUT2D eigenvalue weighted by Gasteiger charge is 2.47. The zero-order valence-electron chi connectivity index (χ0n) is 15.2. The number of amides is 2. The minimum Gasteiger partial charge on any atom is -0.338 e. The normalized spacial score (nSPS) is 18.5. The van der Waals surface area contributed by atoms with Crippen molar-refractivity contribution in [2.24, 2.45) is 0 Å². The Hall–Kier alpha value is -2.41. The molecule has 2 aliphatic rings. The van der Waals surface area contributed by atoms with Gasteiger partial charge in [-0.25, -0.2) is 8.78 Å². The third-order valence-electron chi connectivity index (χ3n) is 5.46. The molecule has 4 rings (SSSR count). The van der Waals surface area contributed by atoms with Crippen LogP contribution in [0, 0.1) is 11.6 Å². The molecule has 4 nitrogen and oxygen atoms in total. The molecule has 2 amide bonds. The van der Waals surface area contributed by atoms with Gasteiger partial charge >= 0.3 is 0 Å². The fraction of sp³-hybridized carbons (Fsp3) is 0.333. The van der Waals surface area contributed by atoms with Crippen molar-refractivity contribution in [3.63, 3.8) is 0 Å². The molecule has 2 saturated heterocycles. The van der Waals surface area contributed by atoms with E-state index in [1.165, 1.54) is 24.3 Å². The molecule has 1 spiro atoms. The van der Waals surface area contributed by atoms with Gasteiger partial charge < -0.3 is 9.80 Å². The number of rotatable bonds is 2. The quantitative estimate of drug-likeness (QED) is 0.768. The average molecular weight is 402 g/mol. The zero-order valence-corrected chi connectivity index (χ0v) is 16.1. The molecular weight excluding hydrogens is 382 g/mol. The van der Waals surface area contributed by atoms with Crippen LogP contribution < -0.4 is 0 Å². The first-order chi connectivity index (χ1) is 13.5. The summed E-state index contributed by atoms with van der Waals surface area (Å²) in [6.07, 6.45) is 1.16. The first-order valence-electron chi connectivity index (χ1n) is 9.26. The van der Waals surface area contributed by atoms with Gasteiger partial charge in [0.1, 0.15) is 11.6 Å². The number of likely N-dealkylation sites (tertiary alicyclic amines) is 1. The number of hydrogen-bond donors (Lipinski definition) is 0. The Morgan fingerprint density at radius 1 is 0.821 bits per heavy atom. The Morgan fingerprint density at radius 2 is 1.36 bits per heavy atom. The molecule has 0 radical (unpaired) electrons. The number of halogens is 2. The summed E-state index contributed by atoms with van der Waals surface area (Å²) >= 11 is 1.69. The third kappa shape index (κ3) is 3.28. The molecule has 2 aromatic carbocycles. The molecular formula is C21H20F2N2O2S. The van der Waals surface area contributed by atoms with E-state index in [9.17, 15) is 18.4 Å². The number of hydrogen-bond acceptors (Lipinski definition) is 3. The van der Waals surface area contributed by atoms with Gasteiger partial charge in [-0.3, -0.25) is 9.59 Å². The Balaban J connectivity index is 1.50. The molecule has 0 aliphatic carbocycles. The summed E-state index contributed by atoms with van der Waals surface area (Å²) in [4.78, 5) is 28.6. The monoisotopic (exact) mass is 402 g/mol. The summed E-state index contributed by atoms with van der Waals surface area (Å²) in [5.41, 5.74) is 0.144. The Labute approximate surface area is 166 Å². The van der Waals surface area contributed by atoms with E-state index in [-0.39, 0.29) is 22.9 Å². The van der Waals surface area contributed by atoms with E-state index in [4.69, 9.17) is 0 Å². The number of benzene rings is 2. The highest BCUT2D eigenvalue weighted by atomic mass is 32.2. The second kappa shape index (κ2) is 7.54. The van der Waals surface area contributed by atoms with Crippen LogP contribution in [-0.2, 0) is 0 Å². The lowest BCUT2D eigenvalue weighted by molar-refractivity contribution is 0.0493. The van der Waals surface area contributed by atoms with Crippen molar-refractivity contribution in [3.05, 3.63) is 71.3 Å². The van der Waals surface area contributed by atoms with Crippen LogP contribution >= 0.6 is 11.8 Å². The van der Waals surface area contributed by atoms with Gasteiger partial charge in [0.25, 0.3) is 11.8 Å². The molecule has 2 aliphatic heterocycles. The van der Waals surface area contributed by atoms with Gasteiger partial charge in [0.2, 0.25) is 0 Å². The SMILES string of the molecule is O=C(c1ccccc1F)N1CCC2(CC1)SCCN2C(=O)c1ccccc1F. The highest BCUT2D eigenvalue weighted by Crippen LogP contribution is 2.44. The highest BCUT2D eigenvalue weighted by molar-refractivity contribution is 8.00. The van der Waals surface area contributed by atoms with Crippen LogP contribution in [0.2, 0.25) is 0 Å². The fourth-order valence-electron chi connectivity index (χ4n) is 3.95. The topological polar surface area (TPSA) is 40.6 Å². The molecule has 7 heteroatoms. The van der Waals surface area contributed by atoms with Crippen LogP contribution in [0.25, 0.3) is 0 Å². The molecule has 0 saturated carbocycles. The van der Waals surface area contributed by atoms with Crippen LogP contribution in [0.15, 0.2) is 48.5 Å². The molecule has 0 unspecified atom stereocenters. The van der Waals surface area contributed by atoms with Crippen molar-refractivity contribution in [3.8, 4) is 0 Å². The van der Waals surface area contributed by atoms with Gasteiger partial charge in [0.05, 0.1) is 16.0 Å². The molecule has 28 heavy (non-hydrogen) atoms. The summed E-state index contributed by atoms with van der Waals surface area (Å²) in [5.74, 6) is -0.910. The molecule has 0 atom stereocenters. The smallest absolute Gasteiger partial charge is 0.257 e. The lowest BCUT2D eigenvalue weighted by Crippen LogP contribution is -2.53. The maximum atomic E-state index is 14.1. The van der Waals surface area contributed by atoms with Crippen molar-refractivity contribution in [1.29, 1.82) is 0 Å². The van der Waals surface area contributed by atoms with Crippen LogP contribution in [0.4, 0.5) is 8.78 Å². The van der Waals surface area contributed by atoms with Gasteiger partial charge in [0.15, 0.2) is 0 Å². The van der Waals surface area contributed by atoms with E-state index in [1.807, 2.05) is 0 Å². The second-order valence-corrected chi connectivity index (χ2v) is 8.46. The van der Waals surface area contributed by atoms with E-state index in [0.29, 0.717) is 32.5 Å². The summed E-state index contributed by atoms with van der Waals surface area (Å²) in [6.45, 7) is 1.42. The number of carbonyl (C=O) groups excluding carboxylic acids is 2. The van der Waals surface area contributed by atoms with E-state index in [1.54, 1.807) is 45.8 Å². The van der Waals surface area contributed by atoms with Crippen molar-refractivity contribution in [2.75, 3.05) is 25.4 Å². The number of nitrogens with zero attached hydrogens (tertiary/aromatic N) is 2. The van der Waals surface area contributed by atoms with Gasteiger partial charge in [-0.05, 0) is 37.1 Å². The van der Waals surface area contributed by atoms with Crippen LogP contribution in [0.5, 0.6) is 0 Å². The lowest BCUT2D eigenvalue weighted by Gasteiger charge is -2.44. The second-order valence-electron chi connectivity index (χ2n) is 7.00. The first-order valence-corrected chi connectivity index (χ1v) is 10.2. The minimum atomic E-state index is -0.528. The summed E-state index contributed by atoms with van der Waals surface area (Å²) < 4.78 is 28.0. The predicted octanol–water partition coefficient (Wildman–Crippen LogP) is 3.79. The number of carbonyl (C=O) groups is 2. The fourth-order valence-corrected chi connectivity index (χ4v) is 5.41. The Morgan fingerprint density at radius 3 is 1.93 bits per heavy atom. The molecule has 146 valence electrons. The summed E-state index contributed by atoms with van der Waals surface area (Å²) in [7, 11) is 0. The zero-order chi connectivity index (χ0) is 19.7. The number of thioether (sulfide) groups is 1. The predicted molar refractivity (Wildman–Crippen MR) is 104 cm³/mol. The molecule has 0 bridgehead atoms. The maximum absolute atomic E-state index is 14.1. The molecule has 2 aromatic rings. The maximum Gasteiger partial charge on any atom is 0.257 e. The Bertz CT molecular complexity index is 913. The van der Waals surface area contributed by atoms with E-state index in [2.05, 4.69) is 0 Å². The third-order valence-corrected chi connectivity index (χ3v) is 7.02. The molecule has 0 aromatic heterocycles. The van der Waals surface area contributed by atoms with Crippen LogP contribution in [0.1, 0.15) is 33.6 Å². The lowest BCUT2D eigenvalue weighted by atomic mass is 10.00. The van der Waals surface area contributed by atoms with Crippen molar-refractivity contribution >= 4 is 23.6 Å². The van der Waals surface area contributed by atoms with Crippen LogP contribution in [-0.4, -0.2) is 51.9 Å². The van der Waals surface area contributed by atoms with E-state index >= 15 is 0 Å². The van der Waals surface area contributed by atoms with E-state index < -0.39 is 16.5 Å². The summed E-state index contributed by atoms with van der Waals surface area (Å²) in [5, 5.41) is 0. The van der Waals surface area contributed by atoms with Gasteiger partial charge in [-0.2, -0.15) is 0 Å². The van der Waals surface area contributed by atoms with Gasteiger partial charge in [0, 0.05) is 25.4 Å². The van der Waals surface area contributed by atoms with Crippen LogP contribution in [0.3, 0.4) is 0 Å². The minimum absolute atomic E-state index is 0.0665. The molecule has 2 heterocycles. The van der Waals surface area contributed by atoms with Crippen molar-refractivity contribution < 1.29 is 18.4 Å². The van der Waals surface area contributed by atoms with Gasteiger partial charge in [-0.1, -0.05) is 24.3 Å².